The Labute approximate surface area is 222 Å². The van der Waals surface area contributed by atoms with E-state index in [4.69, 9.17) is 14.5 Å². The van der Waals surface area contributed by atoms with Crippen LogP contribution in [0.3, 0.4) is 0 Å². The maximum Gasteiger partial charge on any atom is 0.321 e. The molecule has 36 heavy (non-hydrogen) atoms. The van der Waals surface area contributed by atoms with Gasteiger partial charge in [-0.1, -0.05) is 45.9 Å². The standard InChI is InChI=1S/C25H29BrN4O5S/c1-34-24(33)23-22(19-4-2-3-5-20(19)26)28-25(36-23)30-14-27-7-6-16(30)11-29-17-8-15(10-21(31)32)9-18(29)13-35-12-17/h2-6,14-15,17-18,22-23H,7-13H2,1H3,(H,31,32)/t15?,17?,18?,22-,23-/m1/s1. The third-order valence-corrected chi connectivity index (χ3v) is 9.09. The molecular formula is C25H29BrN4O5S. The van der Waals surface area contributed by atoms with E-state index in [0.717, 1.165) is 28.6 Å². The molecule has 192 valence electrons. The molecule has 0 radical (unpaired) electrons. The number of carboxylic acids is 1. The number of aliphatic carboxylic acids is 1. The van der Waals surface area contributed by atoms with E-state index in [2.05, 4.69) is 31.9 Å². The van der Waals surface area contributed by atoms with E-state index < -0.39 is 11.2 Å². The lowest BCUT2D eigenvalue weighted by molar-refractivity contribution is -0.141. The minimum Gasteiger partial charge on any atom is -0.481 e. The molecule has 0 amide bonds. The van der Waals surface area contributed by atoms with Crippen LogP contribution in [0.25, 0.3) is 0 Å². The Bertz CT molecular complexity index is 1100. The van der Waals surface area contributed by atoms with Gasteiger partial charge in [0.2, 0.25) is 0 Å². The van der Waals surface area contributed by atoms with Gasteiger partial charge in [-0.15, -0.1) is 0 Å². The number of rotatable bonds is 6. The summed E-state index contributed by atoms with van der Waals surface area (Å²) < 4.78 is 11.8. The van der Waals surface area contributed by atoms with Gasteiger partial charge in [0.25, 0.3) is 0 Å². The van der Waals surface area contributed by atoms with Crippen LogP contribution in [0.1, 0.15) is 30.9 Å². The van der Waals surface area contributed by atoms with Gasteiger partial charge in [0.1, 0.15) is 11.3 Å². The number of ether oxygens (including phenoxy) is 2. The van der Waals surface area contributed by atoms with Crippen molar-refractivity contribution in [1.82, 2.24) is 9.80 Å². The second-order valence-electron chi connectivity index (χ2n) is 9.44. The van der Waals surface area contributed by atoms with Crippen molar-refractivity contribution in [2.75, 3.05) is 33.4 Å². The number of morpholine rings is 1. The largest absolute Gasteiger partial charge is 0.481 e. The maximum atomic E-state index is 12.7. The van der Waals surface area contributed by atoms with E-state index in [1.807, 2.05) is 29.2 Å². The summed E-state index contributed by atoms with van der Waals surface area (Å²) in [6.45, 7) is 2.49. The lowest BCUT2D eigenvalue weighted by Crippen LogP contribution is -2.58. The zero-order valence-corrected chi connectivity index (χ0v) is 22.4. The van der Waals surface area contributed by atoms with Crippen LogP contribution in [-0.4, -0.2) is 89.1 Å². The summed E-state index contributed by atoms with van der Waals surface area (Å²) in [5, 5.41) is 9.50. The predicted octanol–water partition coefficient (Wildman–Crippen LogP) is 3.32. The summed E-state index contributed by atoms with van der Waals surface area (Å²) >= 11 is 5.00. The Balaban J connectivity index is 1.37. The second kappa shape index (κ2) is 11.0. The number of methoxy groups -OCH3 is 1. The number of benzene rings is 1. The highest BCUT2D eigenvalue weighted by atomic mass is 79.9. The van der Waals surface area contributed by atoms with E-state index in [9.17, 15) is 14.7 Å². The van der Waals surface area contributed by atoms with Crippen molar-refractivity contribution >= 4 is 51.1 Å². The number of carbonyl (C=O) groups excluding carboxylic acids is 1. The molecule has 4 aliphatic rings. The molecule has 5 rings (SSSR count). The first-order chi connectivity index (χ1) is 17.4. The molecule has 1 N–H and O–H groups in total. The summed E-state index contributed by atoms with van der Waals surface area (Å²) in [5.74, 6) is -0.872. The fourth-order valence-electron chi connectivity index (χ4n) is 5.49. The van der Waals surface area contributed by atoms with Crippen LogP contribution < -0.4 is 0 Å². The number of fused-ring (bicyclic) bond motifs is 2. The van der Waals surface area contributed by atoms with E-state index in [-0.39, 0.29) is 36.4 Å². The average molecular weight is 578 g/mol. The van der Waals surface area contributed by atoms with Gasteiger partial charge in [-0.05, 0) is 36.5 Å². The third-order valence-electron chi connectivity index (χ3n) is 7.15. The average Bonchev–Trinajstić information content (AvgIpc) is 3.29. The van der Waals surface area contributed by atoms with E-state index in [1.54, 1.807) is 6.34 Å². The number of hydrogen-bond acceptors (Lipinski definition) is 9. The van der Waals surface area contributed by atoms with Crippen LogP contribution in [0.4, 0.5) is 0 Å². The lowest BCUT2D eigenvalue weighted by Gasteiger charge is -2.49. The first-order valence-electron chi connectivity index (χ1n) is 12.0. The maximum absolute atomic E-state index is 12.7. The van der Waals surface area contributed by atoms with E-state index in [0.29, 0.717) is 31.5 Å². The van der Waals surface area contributed by atoms with Gasteiger partial charge in [0.05, 0.1) is 33.2 Å². The minimum absolute atomic E-state index is 0.177. The van der Waals surface area contributed by atoms with Gasteiger partial charge in [0.15, 0.2) is 5.17 Å². The second-order valence-corrected chi connectivity index (χ2v) is 11.4. The number of hydrogen-bond donors (Lipinski definition) is 1. The number of nitrogens with zero attached hydrogens (tertiary/aromatic N) is 4. The fraction of sp³-hybridized carbons (Fsp3) is 0.520. The van der Waals surface area contributed by atoms with Crippen molar-refractivity contribution in [1.29, 1.82) is 0 Å². The third kappa shape index (κ3) is 5.25. The van der Waals surface area contributed by atoms with Crippen molar-refractivity contribution in [3.8, 4) is 0 Å². The molecule has 4 aliphatic heterocycles. The summed E-state index contributed by atoms with van der Waals surface area (Å²) in [6.07, 6.45) is 5.73. The highest BCUT2D eigenvalue weighted by Gasteiger charge is 2.43. The van der Waals surface area contributed by atoms with Crippen molar-refractivity contribution in [2.45, 2.75) is 42.6 Å². The summed E-state index contributed by atoms with van der Waals surface area (Å²) in [6, 6.07) is 7.77. The number of carboxylic acid groups (broad SMARTS) is 1. The molecule has 0 aromatic heterocycles. The topological polar surface area (TPSA) is 104 Å². The Morgan fingerprint density at radius 1 is 1.25 bits per heavy atom. The Morgan fingerprint density at radius 3 is 2.69 bits per heavy atom. The highest BCUT2D eigenvalue weighted by Crippen LogP contribution is 2.43. The SMILES string of the molecule is COC(=O)[C@@H]1SC(N2C=NCC=C2CN2C3COCC2CC(CC(=O)O)C3)=N[C@@H]1c1ccccc1Br. The number of amidine groups is 1. The molecule has 0 saturated carbocycles. The summed E-state index contributed by atoms with van der Waals surface area (Å²) in [7, 11) is 1.40. The highest BCUT2D eigenvalue weighted by molar-refractivity contribution is 9.10. The quantitative estimate of drug-likeness (QED) is 0.514. The fourth-order valence-corrected chi connectivity index (χ4v) is 7.22. The van der Waals surface area contributed by atoms with Gasteiger partial charge in [-0.3, -0.25) is 29.4 Å². The van der Waals surface area contributed by atoms with E-state index >= 15 is 0 Å². The number of halogens is 1. The predicted molar refractivity (Wildman–Crippen MR) is 141 cm³/mol. The van der Waals surface area contributed by atoms with Crippen LogP contribution in [0.2, 0.25) is 0 Å². The number of piperidine rings is 1. The molecule has 2 bridgehead atoms. The van der Waals surface area contributed by atoms with Crippen LogP contribution in [0, 0.1) is 5.92 Å². The molecule has 9 nitrogen and oxygen atoms in total. The molecule has 2 unspecified atom stereocenters. The molecule has 4 atom stereocenters. The Hall–Kier alpha value is -2.21. The molecule has 1 aromatic rings. The minimum atomic E-state index is -0.735. The zero-order chi connectivity index (χ0) is 25.2. The van der Waals surface area contributed by atoms with Crippen molar-refractivity contribution < 1.29 is 24.2 Å². The number of aliphatic imine (C=N–C) groups is 2. The van der Waals surface area contributed by atoms with Crippen LogP contribution in [0.5, 0.6) is 0 Å². The Morgan fingerprint density at radius 2 is 2.00 bits per heavy atom. The number of thioether (sulfide) groups is 1. The molecule has 4 heterocycles. The van der Waals surface area contributed by atoms with Gasteiger partial charge in [0, 0.05) is 35.2 Å². The molecule has 2 saturated heterocycles. The van der Waals surface area contributed by atoms with Crippen molar-refractivity contribution in [3.63, 3.8) is 0 Å². The molecular weight excluding hydrogens is 548 g/mol. The molecule has 11 heteroatoms. The van der Waals surface area contributed by atoms with Gasteiger partial charge >= 0.3 is 11.9 Å². The van der Waals surface area contributed by atoms with E-state index in [1.165, 1.54) is 18.9 Å². The summed E-state index contributed by atoms with van der Waals surface area (Å²) in [5.41, 5.74) is 1.99. The first-order valence-corrected chi connectivity index (χ1v) is 13.7. The monoisotopic (exact) mass is 576 g/mol. The van der Waals surface area contributed by atoms with Gasteiger partial charge in [-0.25, -0.2) is 0 Å². The molecule has 0 aliphatic carbocycles. The first kappa shape index (κ1) is 25.4. The van der Waals surface area contributed by atoms with Gasteiger partial charge < -0.3 is 14.6 Å². The van der Waals surface area contributed by atoms with Crippen LogP contribution >= 0.6 is 27.7 Å². The van der Waals surface area contributed by atoms with Crippen LogP contribution in [-0.2, 0) is 19.1 Å². The van der Waals surface area contributed by atoms with Crippen molar-refractivity contribution in [3.05, 3.63) is 46.1 Å². The number of carbonyl (C=O) groups is 2. The lowest BCUT2D eigenvalue weighted by atomic mass is 9.83. The molecule has 2 fully saturated rings. The summed E-state index contributed by atoms with van der Waals surface area (Å²) in [4.78, 5) is 37.9. The zero-order valence-electron chi connectivity index (χ0n) is 20.0. The van der Waals surface area contributed by atoms with Crippen LogP contribution in [0.15, 0.2) is 50.5 Å². The Kier molecular flexibility index (Phi) is 7.80. The van der Waals surface area contributed by atoms with Gasteiger partial charge in [-0.2, -0.15) is 0 Å². The normalized spacial score (nSPS) is 30.1. The van der Waals surface area contributed by atoms with Crippen molar-refractivity contribution in [2.24, 2.45) is 15.9 Å². The smallest absolute Gasteiger partial charge is 0.321 e. The molecule has 1 aromatic carbocycles. The molecule has 0 spiro atoms. The number of esters is 1.